The summed E-state index contributed by atoms with van der Waals surface area (Å²) in [5.74, 6) is 1.49. The minimum atomic E-state index is -0.392. The van der Waals surface area contributed by atoms with Crippen molar-refractivity contribution in [2.24, 2.45) is 11.8 Å². The monoisotopic (exact) mass is 203 g/mol. The van der Waals surface area contributed by atoms with E-state index in [9.17, 15) is 4.39 Å². The van der Waals surface area contributed by atoms with Crippen molar-refractivity contribution in [3.05, 3.63) is 0 Å². The topological polar surface area (TPSA) is 12.0 Å². The van der Waals surface area contributed by atoms with Crippen LogP contribution in [0.2, 0.25) is 0 Å². The van der Waals surface area contributed by atoms with Gasteiger partial charge in [0, 0.05) is 6.54 Å². The van der Waals surface area contributed by atoms with Crippen LogP contribution in [0, 0.1) is 11.8 Å². The largest absolute Gasteiger partial charge is 0.290 e. The highest BCUT2D eigenvalue weighted by Crippen LogP contribution is 2.19. The van der Waals surface area contributed by atoms with Crippen LogP contribution in [0.25, 0.3) is 0 Å². The molecule has 1 N–H and O–H groups in total. The molecule has 0 fully saturated rings. The van der Waals surface area contributed by atoms with Crippen LogP contribution < -0.4 is 5.32 Å². The molecule has 2 heteroatoms. The quantitative estimate of drug-likeness (QED) is 0.563. The summed E-state index contributed by atoms with van der Waals surface area (Å²) in [5.41, 5.74) is 0. The minimum absolute atomic E-state index is 0.392. The Morgan fingerprint density at radius 2 is 1.86 bits per heavy atom. The van der Waals surface area contributed by atoms with Gasteiger partial charge in [-0.1, -0.05) is 46.5 Å². The van der Waals surface area contributed by atoms with Crippen molar-refractivity contribution in [2.45, 2.75) is 52.9 Å². The fourth-order valence-corrected chi connectivity index (χ4v) is 1.88. The number of hydrogen-bond donors (Lipinski definition) is 1. The van der Waals surface area contributed by atoms with Gasteiger partial charge in [0.05, 0.1) is 0 Å². The fourth-order valence-electron chi connectivity index (χ4n) is 1.88. The molecule has 0 aromatic heterocycles. The SMILES string of the molecule is CCCC(CC)CCC(C)CNCF. The number of rotatable bonds is 9. The van der Waals surface area contributed by atoms with Gasteiger partial charge in [0.1, 0.15) is 6.80 Å². The van der Waals surface area contributed by atoms with E-state index in [1.165, 1.54) is 32.1 Å². The Labute approximate surface area is 88.5 Å². The Bertz CT molecular complexity index is 117. The molecule has 0 spiro atoms. The summed E-state index contributed by atoms with van der Waals surface area (Å²) >= 11 is 0. The lowest BCUT2D eigenvalue weighted by Gasteiger charge is -2.17. The smallest absolute Gasteiger partial charge is 0.140 e. The van der Waals surface area contributed by atoms with Crippen LogP contribution in [0.3, 0.4) is 0 Å². The number of alkyl halides is 1. The zero-order valence-corrected chi connectivity index (χ0v) is 9.98. The minimum Gasteiger partial charge on any atom is -0.290 e. The highest BCUT2D eigenvalue weighted by atomic mass is 19.1. The molecular weight excluding hydrogens is 177 g/mol. The van der Waals surface area contributed by atoms with Gasteiger partial charge in [-0.2, -0.15) is 0 Å². The fraction of sp³-hybridized carbons (Fsp3) is 1.00. The van der Waals surface area contributed by atoms with Crippen molar-refractivity contribution >= 4 is 0 Å². The average Bonchev–Trinajstić information content (AvgIpc) is 2.21. The molecule has 2 unspecified atom stereocenters. The second kappa shape index (κ2) is 9.45. The Hall–Kier alpha value is -0.110. The van der Waals surface area contributed by atoms with E-state index < -0.39 is 6.80 Å². The summed E-state index contributed by atoms with van der Waals surface area (Å²) in [6.45, 7) is 7.14. The Morgan fingerprint density at radius 3 is 2.36 bits per heavy atom. The molecule has 0 aliphatic heterocycles. The molecule has 0 heterocycles. The second-order valence-electron chi connectivity index (χ2n) is 4.33. The molecular formula is C12H26FN. The molecule has 0 aliphatic rings. The van der Waals surface area contributed by atoms with Crippen molar-refractivity contribution < 1.29 is 4.39 Å². The van der Waals surface area contributed by atoms with Crippen molar-refractivity contribution in [3.63, 3.8) is 0 Å². The highest BCUT2D eigenvalue weighted by molar-refractivity contribution is 4.61. The molecule has 0 aromatic carbocycles. The highest BCUT2D eigenvalue weighted by Gasteiger charge is 2.08. The van der Waals surface area contributed by atoms with Gasteiger partial charge >= 0.3 is 0 Å². The van der Waals surface area contributed by atoms with E-state index in [0.717, 1.165) is 12.5 Å². The van der Waals surface area contributed by atoms with E-state index in [-0.39, 0.29) is 0 Å². The Kier molecular flexibility index (Phi) is 9.37. The molecule has 0 aromatic rings. The van der Waals surface area contributed by atoms with Gasteiger partial charge in [-0.3, -0.25) is 5.32 Å². The van der Waals surface area contributed by atoms with Gasteiger partial charge in [-0.25, -0.2) is 4.39 Å². The summed E-state index contributed by atoms with van der Waals surface area (Å²) < 4.78 is 11.8. The molecule has 1 nitrogen and oxygen atoms in total. The molecule has 14 heavy (non-hydrogen) atoms. The summed E-state index contributed by atoms with van der Waals surface area (Å²) in [5, 5.41) is 2.76. The van der Waals surface area contributed by atoms with E-state index >= 15 is 0 Å². The van der Waals surface area contributed by atoms with Gasteiger partial charge in [-0.15, -0.1) is 0 Å². The Morgan fingerprint density at radius 1 is 1.14 bits per heavy atom. The summed E-state index contributed by atoms with van der Waals surface area (Å²) in [6, 6.07) is 0. The molecule has 0 saturated heterocycles. The standard InChI is InChI=1S/C12H26FN/c1-4-6-12(5-2)8-7-11(3)9-14-10-13/h11-12,14H,4-10H2,1-3H3. The number of nitrogens with one attached hydrogen (secondary N) is 1. The van der Waals surface area contributed by atoms with Crippen molar-refractivity contribution in [2.75, 3.05) is 13.3 Å². The van der Waals surface area contributed by atoms with Crippen LogP contribution in [0.15, 0.2) is 0 Å². The second-order valence-corrected chi connectivity index (χ2v) is 4.33. The first kappa shape index (κ1) is 13.9. The van der Waals surface area contributed by atoms with Crippen LogP contribution in [-0.2, 0) is 0 Å². The third kappa shape index (κ3) is 7.31. The first-order valence-corrected chi connectivity index (χ1v) is 6.01. The van der Waals surface area contributed by atoms with E-state index in [0.29, 0.717) is 5.92 Å². The lowest BCUT2D eigenvalue weighted by Crippen LogP contribution is -2.20. The molecule has 0 radical (unpaired) electrons. The predicted molar refractivity (Wildman–Crippen MR) is 61.1 cm³/mol. The third-order valence-corrected chi connectivity index (χ3v) is 2.93. The molecule has 0 saturated carbocycles. The van der Waals surface area contributed by atoms with Crippen LogP contribution in [-0.4, -0.2) is 13.3 Å². The van der Waals surface area contributed by atoms with Crippen molar-refractivity contribution in [1.82, 2.24) is 5.32 Å². The van der Waals surface area contributed by atoms with Gasteiger partial charge < -0.3 is 0 Å². The summed E-state index contributed by atoms with van der Waals surface area (Å²) in [7, 11) is 0. The first-order valence-electron chi connectivity index (χ1n) is 6.01. The van der Waals surface area contributed by atoms with Crippen molar-refractivity contribution in [1.29, 1.82) is 0 Å². The normalized spacial score (nSPS) is 15.4. The maximum Gasteiger partial charge on any atom is 0.140 e. The zero-order valence-electron chi connectivity index (χ0n) is 9.98. The molecule has 2 atom stereocenters. The molecule has 86 valence electrons. The van der Waals surface area contributed by atoms with Crippen LogP contribution >= 0.6 is 0 Å². The summed E-state index contributed by atoms with van der Waals surface area (Å²) in [6.07, 6.45) is 6.46. The zero-order chi connectivity index (χ0) is 10.8. The van der Waals surface area contributed by atoms with E-state index in [2.05, 4.69) is 26.1 Å². The molecule has 0 rings (SSSR count). The van der Waals surface area contributed by atoms with Crippen LogP contribution in [0.4, 0.5) is 4.39 Å². The van der Waals surface area contributed by atoms with Gasteiger partial charge in [0.25, 0.3) is 0 Å². The molecule has 0 aliphatic carbocycles. The van der Waals surface area contributed by atoms with Crippen LogP contribution in [0.1, 0.15) is 52.9 Å². The average molecular weight is 203 g/mol. The van der Waals surface area contributed by atoms with Crippen LogP contribution in [0.5, 0.6) is 0 Å². The maximum atomic E-state index is 11.8. The summed E-state index contributed by atoms with van der Waals surface area (Å²) in [4.78, 5) is 0. The lowest BCUT2D eigenvalue weighted by atomic mass is 9.91. The van der Waals surface area contributed by atoms with E-state index in [1.807, 2.05) is 0 Å². The lowest BCUT2D eigenvalue weighted by molar-refractivity contribution is 0.346. The molecule has 0 bridgehead atoms. The predicted octanol–water partition coefficient (Wildman–Crippen LogP) is 3.75. The van der Waals surface area contributed by atoms with Gasteiger partial charge in [0.2, 0.25) is 0 Å². The van der Waals surface area contributed by atoms with Gasteiger partial charge in [0.15, 0.2) is 0 Å². The Balaban J connectivity index is 3.46. The number of hydrogen-bond acceptors (Lipinski definition) is 1. The maximum absolute atomic E-state index is 11.8. The molecule has 0 amide bonds. The van der Waals surface area contributed by atoms with E-state index in [4.69, 9.17) is 0 Å². The third-order valence-electron chi connectivity index (χ3n) is 2.93. The van der Waals surface area contributed by atoms with Gasteiger partial charge in [-0.05, 0) is 18.3 Å². The number of halogens is 1. The first-order chi connectivity index (χ1) is 6.74. The van der Waals surface area contributed by atoms with E-state index in [1.54, 1.807) is 0 Å². The van der Waals surface area contributed by atoms with Crippen molar-refractivity contribution in [3.8, 4) is 0 Å².